The van der Waals surface area contributed by atoms with Gasteiger partial charge in [-0.1, -0.05) is 18.2 Å². The highest BCUT2D eigenvalue weighted by Gasteiger charge is 2.37. The van der Waals surface area contributed by atoms with E-state index in [0.717, 1.165) is 6.20 Å². The molecule has 0 saturated heterocycles. The zero-order valence-electron chi connectivity index (χ0n) is 10.5. The number of fused-ring (bicyclic) bond motifs is 1. The minimum atomic E-state index is -4.66. The molecule has 0 radical (unpaired) electrons. The Balaban J connectivity index is 2.33. The lowest BCUT2D eigenvalue weighted by molar-refractivity contribution is -0.141. The Kier molecular flexibility index (Phi) is 2.75. The number of nitrogens with zero attached hydrogens (tertiary/aromatic N) is 3. The zero-order chi connectivity index (χ0) is 15.2. The van der Waals surface area contributed by atoms with Crippen LogP contribution in [0.1, 0.15) is 5.69 Å². The smallest absolute Gasteiger partial charge is 0.435 e. The molecule has 3 rings (SSSR count). The van der Waals surface area contributed by atoms with Crippen LogP contribution in [0, 0.1) is 0 Å². The highest BCUT2D eigenvalue weighted by atomic mass is 19.4. The topological polar surface area (TPSA) is 76.4 Å². The number of phenols is 1. The highest BCUT2D eigenvalue weighted by Crippen LogP contribution is 2.36. The summed E-state index contributed by atoms with van der Waals surface area (Å²) in [7, 11) is 0. The number of anilines is 1. The number of benzene rings is 1. The first-order valence-electron chi connectivity index (χ1n) is 5.87. The van der Waals surface area contributed by atoms with Crippen molar-refractivity contribution < 1.29 is 18.3 Å². The molecule has 0 atom stereocenters. The quantitative estimate of drug-likeness (QED) is 0.723. The fourth-order valence-corrected chi connectivity index (χ4v) is 2.12. The van der Waals surface area contributed by atoms with E-state index in [0.29, 0.717) is 15.6 Å². The molecule has 8 heteroatoms. The van der Waals surface area contributed by atoms with E-state index < -0.39 is 17.6 Å². The Morgan fingerprint density at radius 1 is 1.10 bits per heavy atom. The van der Waals surface area contributed by atoms with Gasteiger partial charge in [0.1, 0.15) is 5.75 Å². The SMILES string of the molecule is Nc1cnc2c(-c3ccccc3O)cnn2c1C(F)(F)F. The molecule has 2 aromatic heterocycles. The molecular formula is C13H9F3N4O. The monoisotopic (exact) mass is 294 g/mol. The molecule has 0 unspecified atom stereocenters. The molecule has 0 amide bonds. The lowest BCUT2D eigenvalue weighted by Gasteiger charge is -2.11. The van der Waals surface area contributed by atoms with E-state index in [1.54, 1.807) is 18.2 Å². The maximum absolute atomic E-state index is 13.1. The van der Waals surface area contributed by atoms with Crippen molar-refractivity contribution in [2.75, 3.05) is 5.73 Å². The Bertz CT molecular complexity index is 826. The number of alkyl halides is 3. The van der Waals surface area contributed by atoms with E-state index >= 15 is 0 Å². The zero-order valence-corrected chi connectivity index (χ0v) is 10.5. The van der Waals surface area contributed by atoms with Crippen LogP contribution in [0.4, 0.5) is 18.9 Å². The van der Waals surface area contributed by atoms with Gasteiger partial charge in [-0.2, -0.15) is 18.3 Å². The van der Waals surface area contributed by atoms with Crippen molar-refractivity contribution in [1.82, 2.24) is 14.6 Å². The molecular weight excluding hydrogens is 285 g/mol. The molecule has 108 valence electrons. The van der Waals surface area contributed by atoms with Gasteiger partial charge in [0.05, 0.1) is 23.6 Å². The fourth-order valence-electron chi connectivity index (χ4n) is 2.12. The van der Waals surface area contributed by atoms with E-state index in [-0.39, 0.29) is 11.4 Å². The molecule has 3 aromatic rings. The van der Waals surface area contributed by atoms with Crippen molar-refractivity contribution in [3.05, 3.63) is 42.4 Å². The summed E-state index contributed by atoms with van der Waals surface area (Å²) < 4.78 is 39.8. The van der Waals surface area contributed by atoms with Gasteiger partial charge in [0.15, 0.2) is 11.3 Å². The van der Waals surface area contributed by atoms with E-state index in [1.165, 1.54) is 12.3 Å². The lowest BCUT2D eigenvalue weighted by atomic mass is 10.1. The third-order valence-electron chi connectivity index (χ3n) is 3.02. The van der Waals surface area contributed by atoms with Gasteiger partial charge in [0.25, 0.3) is 0 Å². The van der Waals surface area contributed by atoms with Crippen molar-refractivity contribution in [1.29, 1.82) is 0 Å². The molecule has 0 bridgehead atoms. The van der Waals surface area contributed by atoms with Crippen LogP contribution in [-0.4, -0.2) is 19.7 Å². The second-order valence-electron chi connectivity index (χ2n) is 4.37. The number of nitrogen functional groups attached to an aromatic ring is 1. The van der Waals surface area contributed by atoms with Crippen LogP contribution in [0.5, 0.6) is 5.75 Å². The number of hydrogen-bond acceptors (Lipinski definition) is 4. The number of rotatable bonds is 1. The second-order valence-corrected chi connectivity index (χ2v) is 4.37. The van der Waals surface area contributed by atoms with Crippen molar-refractivity contribution in [2.45, 2.75) is 6.18 Å². The molecule has 0 saturated carbocycles. The van der Waals surface area contributed by atoms with Crippen LogP contribution < -0.4 is 5.73 Å². The Labute approximate surface area is 116 Å². The van der Waals surface area contributed by atoms with E-state index in [1.807, 2.05) is 0 Å². The number of phenolic OH excluding ortho intramolecular Hbond substituents is 1. The third-order valence-corrected chi connectivity index (χ3v) is 3.02. The molecule has 0 aliphatic rings. The summed E-state index contributed by atoms with van der Waals surface area (Å²) in [4.78, 5) is 3.90. The van der Waals surface area contributed by atoms with Gasteiger partial charge in [-0.05, 0) is 6.07 Å². The van der Waals surface area contributed by atoms with Crippen LogP contribution in [0.3, 0.4) is 0 Å². The molecule has 21 heavy (non-hydrogen) atoms. The highest BCUT2D eigenvalue weighted by molar-refractivity contribution is 5.81. The summed E-state index contributed by atoms with van der Waals surface area (Å²) >= 11 is 0. The predicted molar refractivity (Wildman–Crippen MR) is 69.5 cm³/mol. The van der Waals surface area contributed by atoms with Gasteiger partial charge in [0.2, 0.25) is 0 Å². The first-order valence-corrected chi connectivity index (χ1v) is 5.87. The van der Waals surface area contributed by atoms with Crippen LogP contribution in [0.15, 0.2) is 36.7 Å². The largest absolute Gasteiger partial charge is 0.507 e. The number of aromatic nitrogens is 3. The molecule has 5 nitrogen and oxygen atoms in total. The summed E-state index contributed by atoms with van der Waals surface area (Å²) in [6.45, 7) is 0. The maximum atomic E-state index is 13.1. The van der Waals surface area contributed by atoms with Crippen molar-refractivity contribution in [3.8, 4) is 16.9 Å². The number of halogens is 3. The average molecular weight is 294 g/mol. The molecule has 3 N–H and O–H groups in total. The van der Waals surface area contributed by atoms with Crippen molar-refractivity contribution in [2.24, 2.45) is 0 Å². The predicted octanol–water partition coefficient (Wildman–Crippen LogP) is 2.70. The van der Waals surface area contributed by atoms with Gasteiger partial charge >= 0.3 is 6.18 Å². The second kappa shape index (κ2) is 4.37. The van der Waals surface area contributed by atoms with Gasteiger partial charge in [0, 0.05) is 5.56 Å². The third kappa shape index (κ3) is 2.04. The Hall–Kier alpha value is -2.77. The maximum Gasteiger partial charge on any atom is 0.435 e. The summed E-state index contributed by atoms with van der Waals surface area (Å²) in [5.41, 5.74) is 4.36. The van der Waals surface area contributed by atoms with Gasteiger partial charge < -0.3 is 10.8 Å². The first-order chi connectivity index (χ1) is 9.89. The first kappa shape index (κ1) is 13.2. The molecule has 0 fully saturated rings. The number of para-hydroxylation sites is 1. The number of nitrogens with two attached hydrogens (primary N) is 1. The van der Waals surface area contributed by atoms with Gasteiger partial charge in [-0.15, -0.1) is 0 Å². The van der Waals surface area contributed by atoms with E-state index in [2.05, 4.69) is 10.1 Å². The van der Waals surface area contributed by atoms with Crippen LogP contribution in [0.2, 0.25) is 0 Å². The van der Waals surface area contributed by atoms with E-state index in [9.17, 15) is 18.3 Å². The summed E-state index contributed by atoms with van der Waals surface area (Å²) in [5, 5.41) is 13.5. The number of aromatic hydroxyl groups is 1. The van der Waals surface area contributed by atoms with Gasteiger partial charge in [-0.3, -0.25) is 0 Å². The van der Waals surface area contributed by atoms with Crippen molar-refractivity contribution in [3.63, 3.8) is 0 Å². The molecule has 0 spiro atoms. The van der Waals surface area contributed by atoms with E-state index in [4.69, 9.17) is 5.73 Å². The minimum Gasteiger partial charge on any atom is -0.507 e. The Morgan fingerprint density at radius 3 is 2.48 bits per heavy atom. The number of hydrogen-bond donors (Lipinski definition) is 2. The van der Waals surface area contributed by atoms with Crippen LogP contribution in [-0.2, 0) is 6.18 Å². The lowest BCUT2D eigenvalue weighted by Crippen LogP contribution is -2.16. The summed E-state index contributed by atoms with van der Waals surface area (Å²) in [6, 6.07) is 6.26. The average Bonchev–Trinajstić information content (AvgIpc) is 2.81. The standard InChI is InChI=1S/C13H9F3N4O/c14-13(15,16)11-9(17)6-18-12-8(5-19-20(11)12)7-3-1-2-4-10(7)21/h1-6,21H,17H2. The molecule has 1 aromatic carbocycles. The van der Waals surface area contributed by atoms with Crippen LogP contribution in [0.25, 0.3) is 16.8 Å². The molecule has 0 aliphatic heterocycles. The van der Waals surface area contributed by atoms with Crippen molar-refractivity contribution >= 4 is 11.3 Å². The minimum absolute atomic E-state index is 0.0296. The molecule has 0 aliphatic carbocycles. The normalized spacial score (nSPS) is 12.0. The summed E-state index contributed by atoms with van der Waals surface area (Å²) in [5.74, 6) is -0.0698. The molecule has 2 heterocycles. The van der Waals surface area contributed by atoms with Gasteiger partial charge in [-0.25, -0.2) is 9.50 Å². The van der Waals surface area contributed by atoms with Crippen LogP contribution >= 0.6 is 0 Å². The fraction of sp³-hybridized carbons (Fsp3) is 0.0769. The Morgan fingerprint density at radius 2 is 1.81 bits per heavy atom. The summed E-state index contributed by atoms with van der Waals surface area (Å²) in [6.07, 6.45) is -2.51.